The molecule has 264 valence electrons. The summed E-state index contributed by atoms with van der Waals surface area (Å²) in [5.74, 6) is 0.978. The summed E-state index contributed by atoms with van der Waals surface area (Å²) in [7, 11) is 55.3. The average Bonchev–Trinajstić information content (AvgIpc) is 3.76. The molecule has 0 saturated heterocycles. The summed E-state index contributed by atoms with van der Waals surface area (Å²) in [6.07, 6.45) is 0.776. The van der Waals surface area contributed by atoms with Gasteiger partial charge in [0.2, 0.25) is 0 Å². The van der Waals surface area contributed by atoms with Gasteiger partial charge in [-0.05, 0) is 114 Å². The first-order valence-electron chi connectivity index (χ1n) is 20.0. The molecular formula is C50H30B8N2. The number of aromatic nitrogens is 2. The predicted octanol–water partition coefficient (Wildman–Crippen LogP) is 3.55. The zero-order chi connectivity index (χ0) is 41.9. The molecule has 1 aliphatic rings. The Bertz CT molecular complexity index is 3250. The molecule has 1 aliphatic carbocycles. The minimum Gasteiger partial charge on any atom is -0.296 e. The minimum atomic E-state index is -0.295. The van der Waals surface area contributed by atoms with Crippen LogP contribution in [0.15, 0.2) is 115 Å². The van der Waals surface area contributed by atoms with Crippen molar-refractivity contribution >= 4 is 139 Å². The van der Waals surface area contributed by atoms with E-state index >= 15 is 0 Å². The fourth-order valence-electron chi connectivity index (χ4n) is 9.66. The Labute approximate surface area is 361 Å². The largest absolute Gasteiger partial charge is 0.296 e. The van der Waals surface area contributed by atoms with Crippen molar-refractivity contribution in [2.24, 2.45) is 0 Å². The second-order valence-electron chi connectivity index (χ2n) is 16.3. The van der Waals surface area contributed by atoms with Gasteiger partial charge in [0.25, 0.3) is 0 Å². The zero-order valence-corrected chi connectivity index (χ0v) is 33.7. The Morgan fingerprint density at radius 1 is 0.467 bits per heavy atom. The summed E-state index contributed by atoms with van der Waals surface area (Å²) in [5, 5.41) is 2.36. The predicted molar refractivity (Wildman–Crippen MR) is 262 cm³/mol. The first-order chi connectivity index (χ1) is 28.8. The van der Waals surface area contributed by atoms with Gasteiger partial charge in [0.15, 0.2) is 0 Å². The number of rotatable bonds is 5. The third-order valence-corrected chi connectivity index (χ3v) is 12.7. The molecule has 0 atom stereocenters. The highest BCUT2D eigenvalue weighted by Crippen LogP contribution is 2.50. The van der Waals surface area contributed by atoms with Gasteiger partial charge in [-0.2, -0.15) is 0 Å². The van der Waals surface area contributed by atoms with Crippen molar-refractivity contribution < 1.29 is 0 Å². The molecule has 0 amide bonds. The molecule has 10 rings (SSSR count). The molecule has 0 aliphatic heterocycles. The summed E-state index contributed by atoms with van der Waals surface area (Å²) in [5.41, 5.74) is 14.2. The molecule has 0 spiro atoms. The minimum absolute atomic E-state index is 0.176. The second-order valence-corrected chi connectivity index (χ2v) is 16.3. The van der Waals surface area contributed by atoms with E-state index in [2.05, 4.69) is 110 Å². The van der Waals surface area contributed by atoms with Crippen LogP contribution in [0.5, 0.6) is 0 Å². The van der Waals surface area contributed by atoms with Crippen LogP contribution in [-0.4, -0.2) is 72.3 Å². The number of hydrogen-bond donors (Lipinski definition) is 0. The van der Waals surface area contributed by atoms with Crippen molar-refractivity contribution in [2.45, 2.75) is 32.6 Å². The lowest BCUT2D eigenvalue weighted by Gasteiger charge is -2.29. The molecule has 2 nitrogen and oxygen atoms in total. The van der Waals surface area contributed by atoms with Gasteiger partial charge < -0.3 is 0 Å². The van der Waals surface area contributed by atoms with E-state index in [1.165, 1.54) is 11.1 Å². The molecule has 0 bridgehead atoms. The van der Waals surface area contributed by atoms with Crippen LogP contribution in [-0.2, 0) is 11.8 Å². The third kappa shape index (κ3) is 5.42. The van der Waals surface area contributed by atoms with Crippen molar-refractivity contribution in [3.05, 3.63) is 132 Å². The second kappa shape index (κ2) is 13.9. The standard InChI is InChI=1S/C50H30B8N2/c1-4-35-59-33-17-7-8-18-34(33)60(35)28-14-10-12-25(22-28)24-11-9-13-26(21-24)36-38-40(44(53)48(57)46(55)42(38)51)37(41-39(36)43(52)47(56)49(58)45(41)54)27-19-20-30-29-15-5-6-16-31(29)50(2,3)32(30)23-27/h5-23H,4H2,1-3H3. The van der Waals surface area contributed by atoms with E-state index < -0.39 is 0 Å². The quantitative estimate of drug-likeness (QED) is 0.195. The van der Waals surface area contributed by atoms with Crippen LogP contribution in [0.2, 0.25) is 0 Å². The lowest BCUT2D eigenvalue weighted by molar-refractivity contribution is 0.660. The van der Waals surface area contributed by atoms with Gasteiger partial charge in [-0.25, -0.2) is 4.98 Å². The fraction of sp³-hybridized carbons (Fsp3) is 0.100. The molecule has 1 aromatic heterocycles. The summed E-state index contributed by atoms with van der Waals surface area (Å²) < 4.78 is 2.22. The number of nitrogens with zero attached hydrogens (tertiary/aromatic N) is 2. The van der Waals surface area contributed by atoms with Gasteiger partial charge in [0, 0.05) is 17.5 Å². The highest BCUT2D eigenvalue weighted by molar-refractivity contribution is 6.71. The van der Waals surface area contributed by atoms with E-state index in [4.69, 9.17) is 67.8 Å². The molecule has 60 heavy (non-hydrogen) atoms. The lowest BCUT2D eigenvalue weighted by Crippen LogP contribution is -2.50. The Balaban J connectivity index is 1.28. The topological polar surface area (TPSA) is 17.8 Å². The molecule has 1 heterocycles. The summed E-state index contributed by atoms with van der Waals surface area (Å²) in [6.45, 7) is 6.59. The first kappa shape index (κ1) is 38.5. The van der Waals surface area contributed by atoms with Crippen molar-refractivity contribution in [1.82, 2.24) is 9.55 Å². The molecule has 16 radical (unpaired) electrons. The highest BCUT2D eigenvalue weighted by Gasteiger charge is 2.36. The maximum Gasteiger partial charge on any atom is 0.114 e. The molecule has 0 N–H and O–H groups in total. The molecule has 9 aromatic rings. The average molecular weight is 745 g/mol. The van der Waals surface area contributed by atoms with E-state index in [1.807, 2.05) is 30.3 Å². The van der Waals surface area contributed by atoms with Gasteiger partial charge in [-0.15, -0.1) is 21.9 Å². The molecule has 10 heteroatoms. The van der Waals surface area contributed by atoms with Crippen LogP contribution in [0.4, 0.5) is 0 Å². The SMILES string of the molecule is [B]c1c([B])c([B])c2c(-c3ccc4c(c3)C(C)(C)c3ccccc3-4)c3c([B])c([B])c([B])c([B])c3c(-c3cccc(-c4cccc(-n5c(CC)nc6ccccc65)c4)c3)c2c1[B]. The smallest absolute Gasteiger partial charge is 0.114 e. The molecular weight excluding hydrogens is 715 g/mol. The third-order valence-electron chi connectivity index (χ3n) is 12.7. The Morgan fingerprint density at radius 3 is 1.58 bits per heavy atom. The van der Waals surface area contributed by atoms with E-state index in [-0.39, 0.29) is 49.1 Å². The number of aryl methyl sites for hydroxylation is 1. The van der Waals surface area contributed by atoms with Crippen LogP contribution < -0.4 is 43.7 Å². The highest BCUT2D eigenvalue weighted by atomic mass is 15.1. The Hall–Kier alpha value is -5.73. The van der Waals surface area contributed by atoms with E-state index in [0.29, 0.717) is 32.7 Å². The molecule has 0 fully saturated rings. The molecule has 0 unspecified atom stereocenters. The summed E-state index contributed by atoms with van der Waals surface area (Å²) in [4.78, 5) is 4.92. The van der Waals surface area contributed by atoms with Gasteiger partial charge in [0.1, 0.15) is 68.6 Å². The zero-order valence-electron chi connectivity index (χ0n) is 33.7. The number of para-hydroxylation sites is 2. The van der Waals surface area contributed by atoms with E-state index in [0.717, 1.165) is 62.3 Å². The molecule has 8 aromatic carbocycles. The van der Waals surface area contributed by atoms with Crippen molar-refractivity contribution in [3.63, 3.8) is 0 Å². The van der Waals surface area contributed by atoms with Crippen molar-refractivity contribution in [1.29, 1.82) is 0 Å². The Morgan fingerprint density at radius 2 is 0.967 bits per heavy atom. The van der Waals surface area contributed by atoms with Gasteiger partial charge in [-0.3, -0.25) is 4.57 Å². The van der Waals surface area contributed by atoms with E-state index in [9.17, 15) is 0 Å². The first-order valence-corrected chi connectivity index (χ1v) is 20.0. The maximum absolute atomic E-state index is 7.11. The lowest BCUT2D eigenvalue weighted by atomic mass is 9.59. The van der Waals surface area contributed by atoms with Crippen LogP contribution in [0.25, 0.3) is 82.8 Å². The molecule has 0 saturated carbocycles. The number of benzene rings is 8. The van der Waals surface area contributed by atoms with Gasteiger partial charge >= 0.3 is 0 Å². The van der Waals surface area contributed by atoms with Crippen LogP contribution in [0.3, 0.4) is 0 Å². The summed E-state index contributed by atoms with van der Waals surface area (Å²) >= 11 is 0. The number of hydrogen-bond acceptors (Lipinski definition) is 1. The van der Waals surface area contributed by atoms with Crippen molar-refractivity contribution in [2.75, 3.05) is 0 Å². The van der Waals surface area contributed by atoms with Crippen LogP contribution in [0.1, 0.15) is 37.7 Å². The van der Waals surface area contributed by atoms with Gasteiger partial charge in [-0.1, -0.05) is 121 Å². The van der Waals surface area contributed by atoms with Crippen LogP contribution in [0, 0.1) is 0 Å². The van der Waals surface area contributed by atoms with Crippen molar-refractivity contribution in [3.8, 4) is 50.2 Å². The number of imidazole rings is 1. The normalized spacial score (nSPS) is 13.0. The van der Waals surface area contributed by atoms with Gasteiger partial charge in [0.05, 0.1) is 11.0 Å². The fourth-order valence-corrected chi connectivity index (χ4v) is 9.66. The summed E-state index contributed by atoms with van der Waals surface area (Å²) in [6, 6.07) is 39.8. The Kier molecular flexibility index (Phi) is 8.92. The van der Waals surface area contributed by atoms with E-state index in [1.54, 1.807) is 0 Å². The monoisotopic (exact) mass is 746 g/mol. The maximum atomic E-state index is 7.11. The number of fused-ring (bicyclic) bond motifs is 6. The van der Waals surface area contributed by atoms with Crippen LogP contribution >= 0.6 is 0 Å².